The van der Waals surface area contributed by atoms with Crippen LogP contribution < -0.4 is 5.32 Å². The number of sulfonamides is 1. The van der Waals surface area contributed by atoms with Crippen molar-refractivity contribution < 1.29 is 18.3 Å². The van der Waals surface area contributed by atoms with Gasteiger partial charge in [0.15, 0.2) is 0 Å². The van der Waals surface area contributed by atoms with Crippen LogP contribution in [0.4, 0.5) is 5.69 Å². The van der Waals surface area contributed by atoms with E-state index in [0.717, 1.165) is 9.87 Å². The number of anilines is 1. The van der Waals surface area contributed by atoms with Crippen molar-refractivity contribution in [2.24, 2.45) is 0 Å². The molecule has 0 aliphatic heterocycles. The summed E-state index contributed by atoms with van der Waals surface area (Å²) in [4.78, 5) is 12.3. The summed E-state index contributed by atoms with van der Waals surface area (Å²) >= 11 is 0. The number of rotatable bonds is 5. The van der Waals surface area contributed by atoms with Gasteiger partial charge in [0.2, 0.25) is 15.9 Å². The van der Waals surface area contributed by atoms with Crippen molar-refractivity contribution in [2.75, 3.05) is 19.4 Å². The summed E-state index contributed by atoms with van der Waals surface area (Å²) in [7, 11) is -0.649. The number of amides is 1. The molecule has 2 aromatic carbocycles. The maximum atomic E-state index is 12.3. The van der Waals surface area contributed by atoms with E-state index in [9.17, 15) is 18.3 Å². The van der Waals surface area contributed by atoms with E-state index >= 15 is 0 Å². The Morgan fingerprint density at radius 1 is 1.12 bits per heavy atom. The molecule has 0 aliphatic carbocycles. The number of carbonyl (C=O) groups excluding carboxylic acids is 1. The van der Waals surface area contributed by atoms with Gasteiger partial charge in [-0.05, 0) is 42.3 Å². The molecule has 0 unspecified atom stereocenters. The zero-order valence-electron chi connectivity index (χ0n) is 13.8. The number of aryl methyl sites for hydroxylation is 1. The predicted octanol–water partition coefficient (Wildman–Crippen LogP) is 2.13. The third-order valence-corrected chi connectivity index (χ3v) is 5.49. The van der Waals surface area contributed by atoms with E-state index in [2.05, 4.69) is 5.32 Å². The second-order valence-electron chi connectivity index (χ2n) is 5.66. The molecule has 0 aromatic heterocycles. The van der Waals surface area contributed by atoms with Gasteiger partial charge in [-0.1, -0.05) is 18.2 Å². The molecule has 0 saturated heterocycles. The molecule has 0 bridgehead atoms. The van der Waals surface area contributed by atoms with Crippen molar-refractivity contribution in [3.05, 3.63) is 53.6 Å². The van der Waals surface area contributed by atoms with Gasteiger partial charge in [-0.2, -0.15) is 0 Å². The van der Waals surface area contributed by atoms with Crippen LogP contribution in [0.2, 0.25) is 0 Å². The van der Waals surface area contributed by atoms with Gasteiger partial charge >= 0.3 is 0 Å². The largest absolute Gasteiger partial charge is 0.508 e. The fraction of sp³-hybridized carbons (Fsp3) is 0.235. The summed E-state index contributed by atoms with van der Waals surface area (Å²) in [6.45, 7) is 1.71. The maximum Gasteiger partial charge on any atom is 0.242 e. The number of nitrogens with one attached hydrogen (secondary N) is 1. The normalized spacial score (nSPS) is 11.5. The van der Waals surface area contributed by atoms with Gasteiger partial charge in [0.05, 0.1) is 11.3 Å². The Balaban J connectivity index is 2.18. The molecule has 24 heavy (non-hydrogen) atoms. The van der Waals surface area contributed by atoms with E-state index in [0.29, 0.717) is 11.3 Å². The summed E-state index contributed by atoms with van der Waals surface area (Å²) in [6, 6.07) is 11.1. The molecular weight excluding hydrogens is 328 g/mol. The number of hydrogen-bond donors (Lipinski definition) is 2. The monoisotopic (exact) mass is 348 g/mol. The Hall–Kier alpha value is -2.38. The first-order valence-electron chi connectivity index (χ1n) is 7.31. The van der Waals surface area contributed by atoms with Crippen molar-refractivity contribution in [1.29, 1.82) is 0 Å². The summed E-state index contributed by atoms with van der Waals surface area (Å²) in [5.41, 5.74) is 1.78. The first kappa shape index (κ1) is 18.0. The van der Waals surface area contributed by atoms with Gasteiger partial charge < -0.3 is 10.4 Å². The SMILES string of the molecule is Cc1ccc(NC(=O)Cc2ccc(O)cc2)cc1S(=O)(=O)N(C)C. The quantitative estimate of drug-likeness (QED) is 0.867. The molecule has 2 rings (SSSR count). The highest BCUT2D eigenvalue weighted by Gasteiger charge is 2.20. The third-order valence-electron chi connectivity index (χ3n) is 3.53. The van der Waals surface area contributed by atoms with Gasteiger partial charge in [0, 0.05) is 19.8 Å². The zero-order valence-corrected chi connectivity index (χ0v) is 14.6. The minimum Gasteiger partial charge on any atom is -0.508 e. The fourth-order valence-corrected chi connectivity index (χ4v) is 3.30. The topological polar surface area (TPSA) is 86.7 Å². The molecule has 1 amide bonds. The average molecular weight is 348 g/mol. The van der Waals surface area contributed by atoms with Gasteiger partial charge in [-0.15, -0.1) is 0 Å². The van der Waals surface area contributed by atoms with E-state index in [1.807, 2.05) is 0 Å². The Labute approximate surface area is 141 Å². The van der Waals surface area contributed by atoms with Gasteiger partial charge in [-0.25, -0.2) is 12.7 Å². The van der Waals surface area contributed by atoms with Crippen molar-refractivity contribution in [3.8, 4) is 5.75 Å². The Kier molecular flexibility index (Phi) is 5.26. The van der Waals surface area contributed by atoms with Gasteiger partial charge in [-0.3, -0.25) is 4.79 Å². The molecule has 0 fully saturated rings. The van der Waals surface area contributed by atoms with E-state index in [-0.39, 0.29) is 23.0 Å². The lowest BCUT2D eigenvalue weighted by Crippen LogP contribution is -2.23. The van der Waals surface area contributed by atoms with Crippen LogP contribution in [-0.2, 0) is 21.2 Å². The predicted molar refractivity (Wildman–Crippen MR) is 92.5 cm³/mol. The molecule has 6 nitrogen and oxygen atoms in total. The molecule has 0 atom stereocenters. The van der Waals surface area contributed by atoms with Gasteiger partial charge in [0.25, 0.3) is 0 Å². The van der Waals surface area contributed by atoms with Crippen LogP contribution in [0.15, 0.2) is 47.4 Å². The van der Waals surface area contributed by atoms with Crippen LogP contribution in [-0.4, -0.2) is 37.8 Å². The lowest BCUT2D eigenvalue weighted by Gasteiger charge is -2.15. The Morgan fingerprint density at radius 3 is 2.33 bits per heavy atom. The molecule has 0 saturated carbocycles. The van der Waals surface area contributed by atoms with E-state index < -0.39 is 10.0 Å². The van der Waals surface area contributed by atoms with E-state index in [4.69, 9.17) is 0 Å². The molecule has 7 heteroatoms. The number of phenolic OH excluding ortho intramolecular Hbond substituents is 1. The summed E-state index contributed by atoms with van der Waals surface area (Å²) < 4.78 is 25.7. The first-order chi connectivity index (χ1) is 11.2. The lowest BCUT2D eigenvalue weighted by molar-refractivity contribution is -0.115. The van der Waals surface area contributed by atoms with Crippen molar-refractivity contribution in [2.45, 2.75) is 18.2 Å². The van der Waals surface area contributed by atoms with E-state index in [1.54, 1.807) is 31.2 Å². The average Bonchev–Trinajstić information content (AvgIpc) is 2.51. The minimum absolute atomic E-state index is 0.129. The third kappa shape index (κ3) is 4.12. The number of phenols is 1. The van der Waals surface area contributed by atoms with Crippen LogP contribution in [0.3, 0.4) is 0 Å². The number of carbonyl (C=O) groups is 1. The highest BCUT2D eigenvalue weighted by Crippen LogP contribution is 2.22. The van der Waals surface area contributed by atoms with Crippen LogP contribution >= 0.6 is 0 Å². The first-order valence-corrected chi connectivity index (χ1v) is 8.75. The second kappa shape index (κ2) is 7.02. The van der Waals surface area contributed by atoms with Crippen molar-refractivity contribution in [3.63, 3.8) is 0 Å². The highest BCUT2D eigenvalue weighted by atomic mass is 32.2. The molecule has 128 valence electrons. The number of aromatic hydroxyl groups is 1. The number of nitrogens with zero attached hydrogens (tertiary/aromatic N) is 1. The summed E-state index contributed by atoms with van der Waals surface area (Å²) in [6.07, 6.45) is 0.129. The second-order valence-corrected chi connectivity index (χ2v) is 7.78. The molecular formula is C17H20N2O4S. The number of benzene rings is 2. The van der Waals surface area contributed by atoms with Crippen molar-refractivity contribution in [1.82, 2.24) is 4.31 Å². The fourth-order valence-electron chi connectivity index (χ4n) is 2.16. The Morgan fingerprint density at radius 2 is 1.75 bits per heavy atom. The highest BCUT2D eigenvalue weighted by molar-refractivity contribution is 7.89. The van der Waals surface area contributed by atoms with Crippen molar-refractivity contribution >= 4 is 21.6 Å². The zero-order chi connectivity index (χ0) is 17.9. The Bertz CT molecular complexity index is 843. The molecule has 0 radical (unpaired) electrons. The smallest absolute Gasteiger partial charge is 0.242 e. The summed E-state index contributed by atoms with van der Waals surface area (Å²) in [5, 5.41) is 11.9. The minimum atomic E-state index is -3.58. The van der Waals surface area contributed by atoms with Crippen LogP contribution in [0.5, 0.6) is 5.75 Å². The van der Waals surface area contributed by atoms with Gasteiger partial charge in [0.1, 0.15) is 5.75 Å². The van der Waals surface area contributed by atoms with E-state index in [1.165, 1.54) is 32.3 Å². The van der Waals surface area contributed by atoms with Crippen LogP contribution in [0, 0.1) is 6.92 Å². The van der Waals surface area contributed by atoms with Crippen LogP contribution in [0.1, 0.15) is 11.1 Å². The maximum absolute atomic E-state index is 12.3. The molecule has 0 aliphatic rings. The number of hydrogen-bond acceptors (Lipinski definition) is 4. The van der Waals surface area contributed by atoms with Crippen LogP contribution in [0.25, 0.3) is 0 Å². The standard InChI is InChI=1S/C17H20N2O4S/c1-12-4-7-14(11-16(12)24(22,23)19(2)3)18-17(21)10-13-5-8-15(20)9-6-13/h4-9,11,20H,10H2,1-3H3,(H,18,21). The molecule has 0 heterocycles. The molecule has 2 aromatic rings. The molecule has 0 spiro atoms. The molecule has 2 N–H and O–H groups in total. The lowest BCUT2D eigenvalue weighted by atomic mass is 10.1. The summed E-state index contributed by atoms with van der Waals surface area (Å²) in [5.74, 6) is -0.131.